The largest absolute Gasteiger partial charge is 0.452 e. The molecule has 0 saturated heterocycles. The minimum Gasteiger partial charge on any atom is -0.452 e. The summed E-state index contributed by atoms with van der Waals surface area (Å²) in [5.74, 6) is -1.17. The van der Waals surface area contributed by atoms with E-state index in [9.17, 15) is 19.7 Å². The standard InChI is InChI=1S/C15H15N3O5S/c1-17(7-10-4-5-24-9-10)14(19)8-23-15(20)12-3-2-11(18(21)22)6-13(12)16/h2-6,9H,7-8,16H2,1H3. The van der Waals surface area contributed by atoms with Gasteiger partial charge in [-0.3, -0.25) is 14.9 Å². The van der Waals surface area contributed by atoms with Crippen molar-refractivity contribution in [3.8, 4) is 0 Å². The third-order valence-corrected chi connectivity index (χ3v) is 3.95. The number of carbonyl (C=O) groups excluding carboxylic acids is 2. The van der Waals surface area contributed by atoms with E-state index in [1.165, 1.54) is 22.3 Å². The summed E-state index contributed by atoms with van der Waals surface area (Å²) in [6, 6.07) is 5.33. The number of nitro groups is 1. The summed E-state index contributed by atoms with van der Waals surface area (Å²) >= 11 is 1.53. The van der Waals surface area contributed by atoms with Crippen LogP contribution < -0.4 is 5.73 Å². The number of nitrogens with zero attached hydrogens (tertiary/aromatic N) is 2. The van der Waals surface area contributed by atoms with Gasteiger partial charge in [-0.15, -0.1) is 0 Å². The van der Waals surface area contributed by atoms with Crippen LogP contribution in [0.25, 0.3) is 0 Å². The molecule has 0 aliphatic heterocycles. The van der Waals surface area contributed by atoms with E-state index in [0.717, 1.165) is 17.7 Å². The smallest absolute Gasteiger partial charge is 0.340 e. The summed E-state index contributed by atoms with van der Waals surface area (Å²) in [7, 11) is 1.61. The number of thiophene rings is 1. The van der Waals surface area contributed by atoms with Crippen LogP contribution in [0.2, 0.25) is 0 Å². The summed E-state index contributed by atoms with van der Waals surface area (Å²) in [6.45, 7) is -0.0184. The average molecular weight is 349 g/mol. The number of likely N-dealkylation sites (N-methyl/N-ethyl adjacent to an activating group) is 1. The van der Waals surface area contributed by atoms with E-state index in [-0.39, 0.29) is 22.8 Å². The minimum absolute atomic E-state index is 0.0195. The minimum atomic E-state index is -0.806. The molecule has 9 heteroatoms. The number of non-ortho nitro benzene ring substituents is 1. The number of ether oxygens (including phenoxy) is 1. The molecule has 2 aromatic rings. The monoisotopic (exact) mass is 349 g/mol. The van der Waals surface area contributed by atoms with Crippen LogP contribution in [0.15, 0.2) is 35.0 Å². The van der Waals surface area contributed by atoms with Gasteiger partial charge in [0, 0.05) is 25.7 Å². The second-order valence-corrected chi connectivity index (χ2v) is 5.77. The summed E-state index contributed by atoms with van der Waals surface area (Å²) in [4.78, 5) is 35.4. The SMILES string of the molecule is CN(Cc1ccsc1)C(=O)COC(=O)c1ccc([N+](=O)[O-])cc1N. The van der Waals surface area contributed by atoms with Crippen molar-refractivity contribution in [2.45, 2.75) is 6.54 Å². The van der Waals surface area contributed by atoms with Gasteiger partial charge >= 0.3 is 5.97 Å². The van der Waals surface area contributed by atoms with E-state index in [1.54, 1.807) is 7.05 Å². The lowest BCUT2D eigenvalue weighted by atomic mass is 10.1. The van der Waals surface area contributed by atoms with E-state index < -0.39 is 17.5 Å². The Balaban J connectivity index is 1.92. The lowest BCUT2D eigenvalue weighted by Crippen LogP contribution is -2.30. The molecule has 0 bridgehead atoms. The average Bonchev–Trinajstić information content (AvgIpc) is 3.04. The Hall–Kier alpha value is -2.94. The zero-order valence-corrected chi connectivity index (χ0v) is 13.6. The number of nitrogens with two attached hydrogens (primary N) is 1. The van der Waals surface area contributed by atoms with Gasteiger partial charge in [-0.2, -0.15) is 11.3 Å². The lowest BCUT2D eigenvalue weighted by molar-refractivity contribution is -0.384. The van der Waals surface area contributed by atoms with Crippen molar-refractivity contribution in [1.82, 2.24) is 4.90 Å². The number of nitro benzene ring substituents is 1. The highest BCUT2D eigenvalue weighted by molar-refractivity contribution is 7.07. The Bertz CT molecular complexity index is 760. The number of hydrogen-bond acceptors (Lipinski definition) is 7. The predicted molar refractivity (Wildman–Crippen MR) is 88.6 cm³/mol. The predicted octanol–water partition coefficient (Wildman–Crippen LogP) is 2.05. The van der Waals surface area contributed by atoms with Crippen molar-refractivity contribution in [3.05, 3.63) is 56.3 Å². The maximum atomic E-state index is 12.0. The molecule has 1 aromatic heterocycles. The van der Waals surface area contributed by atoms with Crippen LogP contribution in [-0.2, 0) is 16.1 Å². The molecule has 1 aromatic carbocycles. The third kappa shape index (κ3) is 4.29. The van der Waals surface area contributed by atoms with Crippen LogP contribution in [0, 0.1) is 10.1 Å². The van der Waals surface area contributed by atoms with E-state index in [0.29, 0.717) is 6.54 Å². The van der Waals surface area contributed by atoms with Gasteiger partial charge in [0.15, 0.2) is 6.61 Å². The fourth-order valence-electron chi connectivity index (χ4n) is 1.91. The molecule has 0 aliphatic rings. The zero-order valence-electron chi connectivity index (χ0n) is 12.8. The van der Waals surface area contributed by atoms with Crippen molar-refractivity contribution in [3.63, 3.8) is 0 Å². The summed E-state index contributed by atoms with van der Waals surface area (Å²) in [5, 5.41) is 14.5. The number of carbonyl (C=O) groups is 2. The molecule has 0 saturated carbocycles. The molecular weight excluding hydrogens is 334 g/mol. The highest BCUT2D eigenvalue weighted by Gasteiger charge is 2.18. The van der Waals surface area contributed by atoms with Gasteiger partial charge in [-0.1, -0.05) is 0 Å². The molecule has 1 heterocycles. The Morgan fingerprint density at radius 1 is 1.38 bits per heavy atom. The van der Waals surface area contributed by atoms with Gasteiger partial charge in [0.05, 0.1) is 16.2 Å². The first-order valence-corrected chi connectivity index (χ1v) is 7.79. The molecule has 2 N–H and O–H groups in total. The molecule has 2 rings (SSSR count). The number of anilines is 1. The molecule has 0 radical (unpaired) electrons. The van der Waals surface area contributed by atoms with Gasteiger partial charge in [0.1, 0.15) is 0 Å². The normalized spacial score (nSPS) is 10.2. The van der Waals surface area contributed by atoms with Crippen LogP contribution in [0.1, 0.15) is 15.9 Å². The number of amides is 1. The zero-order chi connectivity index (χ0) is 17.7. The lowest BCUT2D eigenvalue weighted by Gasteiger charge is -2.16. The maximum absolute atomic E-state index is 12.0. The number of benzene rings is 1. The molecule has 0 unspecified atom stereocenters. The summed E-state index contributed by atoms with van der Waals surface area (Å²) in [5.41, 5.74) is 6.28. The summed E-state index contributed by atoms with van der Waals surface area (Å²) in [6.07, 6.45) is 0. The van der Waals surface area contributed by atoms with E-state index in [2.05, 4.69) is 0 Å². The molecule has 0 spiro atoms. The van der Waals surface area contributed by atoms with Crippen LogP contribution in [0.4, 0.5) is 11.4 Å². The van der Waals surface area contributed by atoms with Crippen molar-refractivity contribution < 1.29 is 19.2 Å². The van der Waals surface area contributed by atoms with E-state index in [4.69, 9.17) is 10.5 Å². The van der Waals surface area contributed by atoms with Crippen LogP contribution in [-0.4, -0.2) is 35.4 Å². The topological polar surface area (TPSA) is 116 Å². The summed E-state index contributed by atoms with van der Waals surface area (Å²) < 4.78 is 4.93. The van der Waals surface area contributed by atoms with Crippen molar-refractivity contribution in [2.24, 2.45) is 0 Å². The van der Waals surface area contributed by atoms with Gasteiger partial charge in [0.2, 0.25) is 0 Å². The fraction of sp³-hybridized carbons (Fsp3) is 0.200. The Kier molecular flexibility index (Phi) is 5.48. The molecule has 1 amide bonds. The van der Waals surface area contributed by atoms with Crippen molar-refractivity contribution >= 4 is 34.6 Å². The van der Waals surface area contributed by atoms with Gasteiger partial charge in [0.25, 0.3) is 11.6 Å². The molecule has 8 nitrogen and oxygen atoms in total. The number of rotatable bonds is 6. The van der Waals surface area contributed by atoms with Gasteiger partial charge < -0.3 is 15.4 Å². The Morgan fingerprint density at radius 2 is 2.12 bits per heavy atom. The van der Waals surface area contributed by atoms with Crippen molar-refractivity contribution in [1.29, 1.82) is 0 Å². The molecule has 0 aliphatic carbocycles. The first-order valence-electron chi connectivity index (χ1n) is 6.84. The van der Waals surface area contributed by atoms with E-state index in [1.807, 2.05) is 16.8 Å². The van der Waals surface area contributed by atoms with E-state index >= 15 is 0 Å². The molecule has 126 valence electrons. The van der Waals surface area contributed by atoms with Crippen LogP contribution in [0.3, 0.4) is 0 Å². The number of nitrogen functional groups attached to an aromatic ring is 1. The fourth-order valence-corrected chi connectivity index (χ4v) is 2.57. The third-order valence-electron chi connectivity index (χ3n) is 3.22. The van der Waals surface area contributed by atoms with Crippen LogP contribution >= 0.6 is 11.3 Å². The highest BCUT2D eigenvalue weighted by atomic mass is 32.1. The second kappa shape index (κ2) is 7.55. The highest BCUT2D eigenvalue weighted by Crippen LogP contribution is 2.20. The maximum Gasteiger partial charge on any atom is 0.340 e. The molecular formula is C15H15N3O5S. The quantitative estimate of drug-likeness (QED) is 0.369. The number of esters is 1. The second-order valence-electron chi connectivity index (χ2n) is 4.99. The first kappa shape index (κ1) is 17.4. The first-order chi connectivity index (χ1) is 11.4. The van der Waals surface area contributed by atoms with Gasteiger partial charge in [-0.05, 0) is 28.5 Å². The van der Waals surface area contributed by atoms with Crippen LogP contribution in [0.5, 0.6) is 0 Å². The number of hydrogen-bond donors (Lipinski definition) is 1. The Labute approximate surface area is 141 Å². The molecule has 24 heavy (non-hydrogen) atoms. The van der Waals surface area contributed by atoms with Crippen molar-refractivity contribution in [2.75, 3.05) is 19.4 Å². The Morgan fingerprint density at radius 3 is 2.71 bits per heavy atom. The molecule has 0 atom stereocenters. The molecule has 0 fully saturated rings. The van der Waals surface area contributed by atoms with Gasteiger partial charge in [-0.25, -0.2) is 4.79 Å².